The zero-order valence-corrected chi connectivity index (χ0v) is 11.1. The molecule has 0 spiro atoms. The molecule has 6 heteroatoms. The van der Waals surface area contributed by atoms with Crippen molar-refractivity contribution >= 4 is 27.4 Å². The fraction of sp³-hybridized carbons (Fsp3) is 0.500. The van der Waals surface area contributed by atoms with Gasteiger partial charge >= 0.3 is 5.69 Å². The topological polar surface area (TPSA) is 59.3 Å². The first kappa shape index (κ1) is 12.9. The number of hydrogen-bond donors (Lipinski definition) is 0. The molecule has 0 aromatic carbocycles. The van der Waals surface area contributed by atoms with Crippen LogP contribution in [0.2, 0.25) is 0 Å². The Balaban J connectivity index is 3.17. The lowest BCUT2D eigenvalue weighted by Crippen LogP contribution is -2.29. The Labute approximate surface area is 103 Å². The molecule has 0 fully saturated rings. The number of rotatable bonds is 4. The van der Waals surface area contributed by atoms with Gasteiger partial charge in [-0.25, -0.2) is 4.98 Å². The summed E-state index contributed by atoms with van der Waals surface area (Å²) in [6.07, 6.45) is 2.48. The van der Waals surface area contributed by atoms with Crippen LogP contribution in [0.4, 0.5) is 11.5 Å². The Morgan fingerprint density at radius 1 is 1.69 bits per heavy atom. The molecule has 1 atom stereocenters. The van der Waals surface area contributed by atoms with Crippen molar-refractivity contribution in [1.29, 1.82) is 0 Å². The lowest BCUT2D eigenvalue weighted by atomic mass is 10.2. The van der Waals surface area contributed by atoms with Crippen LogP contribution in [0, 0.1) is 10.1 Å². The van der Waals surface area contributed by atoms with Gasteiger partial charge in [0, 0.05) is 29.8 Å². The molecule has 1 heterocycles. The SMILES string of the molecule is CCC(C)N(C)c1ncc(Br)cc1[N+](=O)[O-]. The second-order valence-electron chi connectivity index (χ2n) is 3.62. The molecule has 0 bridgehead atoms. The average molecular weight is 288 g/mol. The van der Waals surface area contributed by atoms with Crippen LogP contribution in [0.5, 0.6) is 0 Å². The highest BCUT2D eigenvalue weighted by Crippen LogP contribution is 2.29. The summed E-state index contributed by atoms with van der Waals surface area (Å²) in [7, 11) is 1.82. The Kier molecular flexibility index (Phi) is 4.23. The van der Waals surface area contributed by atoms with Gasteiger partial charge in [0.15, 0.2) is 0 Å². The van der Waals surface area contributed by atoms with E-state index in [4.69, 9.17) is 0 Å². The van der Waals surface area contributed by atoms with Gasteiger partial charge in [0.2, 0.25) is 5.82 Å². The molecule has 88 valence electrons. The van der Waals surface area contributed by atoms with E-state index in [1.807, 2.05) is 25.8 Å². The smallest absolute Gasteiger partial charge is 0.312 e. The second kappa shape index (κ2) is 5.25. The summed E-state index contributed by atoms with van der Waals surface area (Å²) < 4.78 is 0.612. The summed E-state index contributed by atoms with van der Waals surface area (Å²) in [4.78, 5) is 16.4. The van der Waals surface area contributed by atoms with E-state index >= 15 is 0 Å². The first-order valence-electron chi connectivity index (χ1n) is 5.00. The van der Waals surface area contributed by atoms with E-state index in [1.165, 1.54) is 6.07 Å². The van der Waals surface area contributed by atoms with Crippen molar-refractivity contribution in [3.63, 3.8) is 0 Å². The minimum absolute atomic E-state index is 0.0252. The van der Waals surface area contributed by atoms with Crippen LogP contribution in [-0.4, -0.2) is 23.0 Å². The number of pyridine rings is 1. The van der Waals surface area contributed by atoms with E-state index in [2.05, 4.69) is 20.9 Å². The van der Waals surface area contributed by atoms with Gasteiger partial charge in [-0.15, -0.1) is 0 Å². The molecule has 1 rings (SSSR count). The van der Waals surface area contributed by atoms with Gasteiger partial charge in [-0.05, 0) is 29.3 Å². The van der Waals surface area contributed by atoms with Gasteiger partial charge in [-0.3, -0.25) is 10.1 Å². The van der Waals surface area contributed by atoms with Crippen molar-refractivity contribution in [1.82, 2.24) is 4.98 Å². The minimum Gasteiger partial charge on any atom is -0.351 e. The quantitative estimate of drug-likeness (QED) is 0.631. The van der Waals surface area contributed by atoms with E-state index < -0.39 is 4.92 Å². The zero-order chi connectivity index (χ0) is 12.3. The van der Waals surface area contributed by atoms with Gasteiger partial charge in [0.1, 0.15) is 0 Å². The maximum absolute atomic E-state index is 10.9. The summed E-state index contributed by atoms with van der Waals surface area (Å²) >= 11 is 3.18. The first-order chi connectivity index (χ1) is 7.47. The number of nitrogens with zero attached hydrogens (tertiary/aromatic N) is 3. The van der Waals surface area contributed by atoms with Crippen molar-refractivity contribution in [2.24, 2.45) is 0 Å². The molecule has 0 saturated carbocycles. The van der Waals surface area contributed by atoms with Crippen molar-refractivity contribution in [3.05, 3.63) is 26.9 Å². The molecular weight excluding hydrogens is 274 g/mol. The van der Waals surface area contributed by atoms with Gasteiger partial charge in [0.05, 0.1) is 4.92 Å². The molecule has 5 nitrogen and oxygen atoms in total. The molecule has 0 saturated heterocycles. The molecule has 1 aromatic rings. The predicted molar refractivity (Wildman–Crippen MR) is 66.7 cm³/mol. The zero-order valence-electron chi connectivity index (χ0n) is 9.48. The molecule has 0 aliphatic rings. The standard InChI is InChI=1S/C10H14BrN3O2/c1-4-7(2)13(3)10-9(14(15)16)5-8(11)6-12-10/h5-7H,4H2,1-3H3. The fourth-order valence-electron chi connectivity index (χ4n) is 1.31. The lowest BCUT2D eigenvalue weighted by molar-refractivity contribution is -0.384. The van der Waals surface area contributed by atoms with Crippen LogP contribution in [0.1, 0.15) is 20.3 Å². The number of nitro groups is 1. The van der Waals surface area contributed by atoms with E-state index in [-0.39, 0.29) is 11.7 Å². The molecule has 0 N–H and O–H groups in total. The maximum Gasteiger partial charge on any atom is 0.312 e. The molecule has 0 aliphatic heterocycles. The predicted octanol–water partition coefficient (Wildman–Crippen LogP) is 2.99. The Hall–Kier alpha value is -1.17. The van der Waals surface area contributed by atoms with Crippen molar-refractivity contribution < 1.29 is 4.92 Å². The highest BCUT2D eigenvalue weighted by Gasteiger charge is 2.21. The normalized spacial score (nSPS) is 12.2. The summed E-state index contributed by atoms with van der Waals surface area (Å²) in [6, 6.07) is 1.69. The number of aromatic nitrogens is 1. The van der Waals surface area contributed by atoms with E-state index in [9.17, 15) is 10.1 Å². The van der Waals surface area contributed by atoms with Crippen LogP contribution in [0.15, 0.2) is 16.7 Å². The van der Waals surface area contributed by atoms with Crippen LogP contribution in [0.3, 0.4) is 0 Å². The van der Waals surface area contributed by atoms with E-state index in [0.29, 0.717) is 10.3 Å². The van der Waals surface area contributed by atoms with E-state index in [0.717, 1.165) is 6.42 Å². The van der Waals surface area contributed by atoms with Crippen LogP contribution in [-0.2, 0) is 0 Å². The fourth-order valence-corrected chi connectivity index (χ4v) is 1.63. The molecule has 0 radical (unpaired) electrons. The minimum atomic E-state index is -0.411. The Morgan fingerprint density at radius 3 is 2.81 bits per heavy atom. The number of halogens is 1. The van der Waals surface area contributed by atoms with Crippen molar-refractivity contribution in [2.45, 2.75) is 26.3 Å². The Bertz CT molecular complexity index is 398. The molecule has 0 aliphatic carbocycles. The number of anilines is 1. The average Bonchev–Trinajstić information content (AvgIpc) is 2.26. The van der Waals surface area contributed by atoms with Crippen LogP contribution in [0.25, 0.3) is 0 Å². The van der Waals surface area contributed by atoms with Crippen LogP contribution >= 0.6 is 15.9 Å². The van der Waals surface area contributed by atoms with E-state index in [1.54, 1.807) is 6.20 Å². The molecule has 0 amide bonds. The first-order valence-corrected chi connectivity index (χ1v) is 5.79. The summed E-state index contributed by atoms with van der Waals surface area (Å²) in [5.74, 6) is 0.405. The van der Waals surface area contributed by atoms with Crippen molar-refractivity contribution in [3.8, 4) is 0 Å². The summed E-state index contributed by atoms with van der Waals surface area (Å²) in [5, 5.41) is 10.9. The highest BCUT2D eigenvalue weighted by atomic mass is 79.9. The largest absolute Gasteiger partial charge is 0.351 e. The lowest BCUT2D eigenvalue weighted by Gasteiger charge is -2.24. The maximum atomic E-state index is 10.9. The van der Waals surface area contributed by atoms with Crippen LogP contribution < -0.4 is 4.90 Å². The van der Waals surface area contributed by atoms with Gasteiger partial charge in [0.25, 0.3) is 0 Å². The molecule has 16 heavy (non-hydrogen) atoms. The Morgan fingerprint density at radius 2 is 2.31 bits per heavy atom. The van der Waals surface area contributed by atoms with Gasteiger partial charge in [-0.1, -0.05) is 6.92 Å². The van der Waals surface area contributed by atoms with Gasteiger partial charge < -0.3 is 4.90 Å². The highest BCUT2D eigenvalue weighted by molar-refractivity contribution is 9.10. The third-order valence-electron chi connectivity index (χ3n) is 2.60. The number of hydrogen-bond acceptors (Lipinski definition) is 4. The van der Waals surface area contributed by atoms with Crippen molar-refractivity contribution in [2.75, 3.05) is 11.9 Å². The summed E-state index contributed by atoms with van der Waals surface area (Å²) in [5.41, 5.74) is 0.0252. The molecule has 1 aromatic heterocycles. The molecule has 1 unspecified atom stereocenters. The third kappa shape index (κ3) is 2.69. The summed E-state index contributed by atoms with van der Waals surface area (Å²) in [6.45, 7) is 4.04. The molecular formula is C10H14BrN3O2. The second-order valence-corrected chi connectivity index (χ2v) is 4.54. The third-order valence-corrected chi connectivity index (χ3v) is 3.03. The monoisotopic (exact) mass is 287 g/mol. The van der Waals surface area contributed by atoms with Gasteiger partial charge in [-0.2, -0.15) is 0 Å².